The van der Waals surface area contributed by atoms with Crippen molar-refractivity contribution in [1.82, 2.24) is 4.98 Å². The van der Waals surface area contributed by atoms with Gasteiger partial charge >= 0.3 is 0 Å². The lowest BCUT2D eigenvalue weighted by atomic mass is 10.1. The summed E-state index contributed by atoms with van der Waals surface area (Å²) >= 11 is 0. The highest BCUT2D eigenvalue weighted by atomic mass is 19.1. The Balaban J connectivity index is 1.40. The van der Waals surface area contributed by atoms with Crippen LogP contribution in [-0.4, -0.2) is 11.6 Å². The maximum Gasteiger partial charge on any atom is 0.226 e. The third-order valence-corrected chi connectivity index (χ3v) is 4.66. The van der Waals surface area contributed by atoms with Crippen molar-refractivity contribution < 1.29 is 13.5 Å². The Labute approximate surface area is 146 Å². The zero-order valence-corrected chi connectivity index (χ0v) is 14.2. The topological polar surface area (TPSA) is 35.3 Å². The molecule has 1 aromatic heterocycles. The molecule has 0 radical (unpaired) electrons. The van der Waals surface area contributed by atoms with E-state index in [1.54, 1.807) is 12.1 Å². The van der Waals surface area contributed by atoms with Crippen molar-refractivity contribution in [2.45, 2.75) is 32.6 Å². The van der Waals surface area contributed by atoms with Crippen LogP contribution in [0.4, 0.5) is 4.39 Å². The standard InChI is InChI=1S/C21H20FNO2/c1-14-20(23-21(25-14)16-5-8-18(22)9-6-16)11-12-24-19-10-7-15-3-2-4-17(15)13-19/h5-10,13H,2-4,11-12H2,1H3. The predicted molar refractivity (Wildman–Crippen MR) is 94.3 cm³/mol. The maximum absolute atomic E-state index is 13.0. The number of rotatable bonds is 5. The van der Waals surface area contributed by atoms with Crippen LogP contribution in [0, 0.1) is 12.7 Å². The summed E-state index contributed by atoms with van der Waals surface area (Å²) in [6, 6.07) is 12.5. The Kier molecular flexibility index (Phi) is 4.26. The van der Waals surface area contributed by atoms with Crippen LogP contribution in [-0.2, 0) is 19.3 Å². The zero-order chi connectivity index (χ0) is 17.2. The molecule has 0 saturated carbocycles. The molecule has 4 heteroatoms. The molecule has 3 aromatic rings. The Morgan fingerprint density at radius 3 is 2.72 bits per heavy atom. The number of halogens is 1. The monoisotopic (exact) mass is 337 g/mol. The van der Waals surface area contributed by atoms with Gasteiger partial charge in [0.1, 0.15) is 17.3 Å². The predicted octanol–water partition coefficient (Wildman–Crippen LogP) is 4.90. The second-order valence-electron chi connectivity index (χ2n) is 6.41. The average molecular weight is 337 g/mol. The van der Waals surface area contributed by atoms with Crippen LogP contribution in [0.2, 0.25) is 0 Å². The molecule has 1 heterocycles. The van der Waals surface area contributed by atoms with E-state index >= 15 is 0 Å². The number of benzene rings is 2. The number of aromatic nitrogens is 1. The van der Waals surface area contributed by atoms with Gasteiger partial charge in [-0.15, -0.1) is 0 Å². The fourth-order valence-corrected chi connectivity index (χ4v) is 3.28. The van der Waals surface area contributed by atoms with Gasteiger partial charge in [0.05, 0.1) is 12.3 Å². The van der Waals surface area contributed by atoms with Crippen molar-refractivity contribution in [3.05, 3.63) is 70.9 Å². The Hall–Kier alpha value is -2.62. The Bertz CT molecular complexity index is 883. The van der Waals surface area contributed by atoms with E-state index in [2.05, 4.69) is 17.1 Å². The fourth-order valence-electron chi connectivity index (χ4n) is 3.28. The van der Waals surface area contributed by atoms with E-state index in [0.717, 1.165) is 29.2 Å². The van der Waals surface area contributed by atoms with Gasteiger partial charge in [-0.25, -0.2) is 9.37 Å². The summed E-state index contributed by atoms with van der Waals surface area (Å²) in [6.45, 7) is 2.44. The molecule has 0 unspecified atom stereocenters. The van der Waals surface area contributed by atoms with Crippen LogP contribution >= 0.6 is 0 Å². The summed E-state index contributed by atoms with van der Waals surface area (Å²) in [5.41, 5.74) is 4.51. The highest BCUT2D eigenvalue weighted by Crippen LogP contribution is 2.26. The third kappa shape index (κ3) is 3.43. The largest absolute Gasteiger partial charge is 0.493 e. The van der Waals surface area contributed by atoms with Crippen molar-refractivity contribution >= 4 is 0 Å². The second-order valence-corrected chi connectivity index (χ2v) is 6.41. The van der Waals surface area contributed by atoms with Crippen LogP contribution < -0.4 is 4.74 Å². The van der Waals surface area contributed by atoms with Gasteiger partial charge < -0.3 is 9.15 Å². The van der Waals surface area contributed by atoms with Gasteiger partial charge in [0.15, 0.2) is 0 Å². The first-order valence-electron chi connectivity index (χ1n) is 8.66. The number of fused-ring (bicyclic) bond motifs is 1. The zero-order valence-electron chi connectivity index (χ0n) is 14.2. The number of ether oxygens (including phenoxy) is 1. The number of hydrogen-bond acceptors (Lipinski definition) is 3. The van der Waals surface area contributed by atoms with Gasteiger partial charge in [0.2, 0.25) is 5.89 Å². The molecule has 0 N–H and O–H groups in total. The minimum Gasteiger partial charge on any atom is -0.493 e. The minimum absolute atomic E-state index is 0.269. The molecule has 128 valence electrons. The first-order valence-corrected chi connectivity index (χ1v) is 8.66. The Morgan fingerprint density at radius 1 is 1.08 bits per heavy atom. The molecule has 3 nitrogen and oxygen atoms in total. The van der Waals surface area contributed by atoms with E-state index in [4.69, 9.17) is 9.15 Å². The van der Waals surface area contributed by atoms with E-state index in [0.29, 0.717) is 18.9 Å². The minimum atomic E-state index is -0.269. The van der Waals surface area contributed by atoms with E-state index in [1.165, 1.54) is 36.1 Å². The number of hydrogen-bond donors (Lipinski definition) is 0. The molecule has 1 aliphatic rings. The molecule has 0 amide bonds. The Morgan fingerprint density at radius 2 is 1.88 bits per heavy atom. The lowest BCUT2D eigenvalue weighted by Crippen LogP contribution is -2.03. The van der Waals surface area contributed by atoms with Crippen LogP contribution in [0.5, 0.6) is 5.75 Å². The lowest BCUT2D eigenvalue weighted by Gasteiger charge is -2.07. The number of aryl methyl sites for hydroxylation is 3. The first-order chi connectivity index (χ1) is 12.2. The van der Waals surface area contributed by atoms with E-state index in [9.17, 15) is 4.39 Å². The third-order valence-electron chi connectivity index (χ3n) is 4.66. The highest BCUT2D eigenvalue weighted by molar-refractivity contribution is 5.53. The van der Waals surface area contributed by atoms with E-state index in [1.807, 2.05) is 13.0 Å². The SMILES string of the molecule is Cc1oc(-c2ccc(F)cc2)nc1CCOc1ccc2c(c1)CCC2. The van der Waals surface area contributed by atoms with Crippen molar-refractivity contribution in [2.24, 2.45) is 0 Å². The molecule has 25 heavy (non-hydrogen) atoms. The van der Waals surface area contributed by atoms with Crippen molar-refractivity contribution in [3.63, 3.8) is 0 Å². The lowest BCUT2D eigenvalue weighted by molar-refractivity contribution is 0.319. The molecule has 0 fully saturated rings. The molecular formula is C21H20FNO2. The summed E-state index contributed by atoms with van der Waals surface area (Å²) in [7, 11) is 0. The van der Waals surface area contributed by atoms with Crippen LogP contribution in [0.1, 0.15) is 29.0 Å². The summed E-state index contributed by atoms with van der Waals surface area (Å²) in [5.74, 6) is 1.94. The number of nitrogens with zero attached hydrogens (tertiary/aromatic N) is 1. The van der Waals surface area contributed by atoms with Crippen LogP contribution in [0.3, 0.4) is 0 Å². The molecule has 1 aliphatic carbocycles. The van der Waals surface area contributed by atoms with Crippen molar-refractivity contribution in [2.75, 3.05) is 6.61 Å². The quantitative estimate of drug-likeness (QED) is 0.664. The molecule has 0 bridgehead atoms. The van der Waals surface area contributed by atoms with Crippen LogP contribution in [0.15, 0.2) is 46.9 Å². The summed E-state index contributed by atoms with van der Waals surface area (Å²) in [4.78, 5) is 4.53. The molecule has 2 aromatic carbocycles. The fraction of sp³-hybridized carbons (Fsp3) is 0.286. The van der Waals surface area contributed by atoms with Gasteiger partial charge in [-0.3, -0.25) is 0 Å². The molecule has 0 spiro atoms. The molecule has 0 aliphatic heterocycles. The summed E-state index contributed by atoms with van der Waals surface area (Å²) in [5, 5.41) is 0. The molecule has 4 rings (SSSR count). The average Bonchev–Trinajstić information content (AvgIpc) is 3.22. The van der Waals surface area contributed by atoms with E-state index < -0.39 is 0 Å². The second kappa shape index (κ2) is 6.71. The first kappa shape index (κ1) is 15.9. The molecule has 0 saturated heterocycles. The van der Waals surface area contributed by atoms with Gasteiger partial charge in [0.25, 0.3) is 0 Å². The van der Waals surface area contributed by atoms with E-state index in [-0.39, 0.29) is 5.82 Å². The highest BCUT2D eigenvalue weighted by Gasteiger charge is 2.13. The van der Waals surface area contributed by atoms with Gasteiger partial charge in [-0.2, -0.15) is 0 Å². The normalized spacial score (nSPS) is 13.0. The number of oxazole rings is 1. The van der Waals surface area contributed by atoms with Gasteiger partial charge in [0, 0.05) is 12.0 Å². The molecule has 0 atom stereocenters. The summed E-state index contributed by atoms with van der Waals surface area (Å²) in [6.07, 6.45) is 4.24. The van der Waals surface area contributed by atoms with Crippen molar-refractivity contribution in [1.29, 1.82) is 0 Å². The van der Waals surface area contributed by atoms with Crippen molar-refractivity contribution in [3.8, 4) is 17.2 Å². The molecular weight excluding hydrogens is 317 g/mol. The maximum atomic E-state index is 13.0. The van der Waals surface area contributed by atoms with Gasteiger partial charge in [-0.05, 0) is 73.7 Å². The smallest absolute Gasteiger partial charge is 0.226 e. The van der Waals surface area contributed by atoms with Crippen LogP contribution in [0.25, 0.3) is 11.5 Å². The summed E-state index contributed by atoms with van der Waals surface area (Å²) < 4.78 is 24.6. The van der Waals surface area contributed by atoms with Gasteiger partial charge in [-0.1, -0.05) is 6.07 Å².